The first-order chi connectivity index (χ1) is 9.60. The molecule has 2 unspecified atom stereocenters. The smallest absolute Gasteiger partial charge is 0.0764 e. The maximum absolute atomic E-state index is 4.56. The Morgan fingerprint density at radius 1 is 1.45 bits per heavy atom. The molecule has 1 aromatic heterocycles. The number of aryl methyl sites for hydroxylation is 1. The molecule has 1 aliphatic carbocycles. The quantitative estimate of drug-likeness (QED) is 0.894. The van der Waals surface area contributed by atoms with E-state index in [0.717, 1.165) is 19.0 Å². The van der Waals surface area contributed by atoms with Crippen molar-refractivity contribution >= 4 is 0 Å². The summed E-state index contributed by atoms with van der Waals surface area (Å²) in [5.41, 5.74) is 1.52. The standard InChI is InChI=1S/C16H28N4/c1-4-5-15-10-17-16(2,13-6-7-13)12-20(15)11-14-8-9-19(3)18-14/h8-9,13,15,17H,4-7,10-12H2,1-3H3. The first-order valence-corrected chi connectivity index (χ1v) is 8.08. The van der Waals surface area contributed by atoms with Gasteiger partial charge in [-0.1, -0.05) is 13.3 Å². The van der Waals surface area contributed by atoms with Crippen LogP contribution in [-0.2, 0) is 13.6 Å². The molecule has 1 saturated carbocycles. The van der Waals surface area contributed by atoms with Gasteiger partial charge in [-0.05, 0) is 38.2 Å². The highest BCUT2D eigenvalue weighted by Gasteiger charge is 2.45. The third-order valence-electron chi connectivity index (χ3n) is 5.02. The molecule has 2 heterocycles. The molecule has 0 bridgehead atoms. The largest absolute Gasteiger partial charge is 0.308 e. The van der Waals surface area contributed by atoms with Gasteiger partial charge in [0.25, 0.3) is 0 Å². The van der Waals surface area contributed by atoms with Gasteiger partial charge in [0.1, 0.15) is 0 Å². The summed E-state index contributed by atoms with van der Waals surface area (Å²) in [4.78, 5) is 2.67. The Morgan fingerprint density at radius 2 is 2.25 bits per heavy atom. The van der Waals surface area contributed by atoms with Gasteiger partial charge in [0.15, 0.2) is 0 Å². The van der Waals surface area contributed by atoms with Crippen LogP contribution in [0.25, 0.3) is 0 Å². The van der Waals surface area contributed by atoms with Gasteiger partial charge >= 0.3 is 0 Å². The summed E-state index contributed by atoms with van der Waals surface area (Å²) in [5, 5.41) is 8.41. The Labute approximate surface area is 122 Å². The van der Waals surface area contributed by atoms with Crippen LogP contribution < -0.4 is 5.32 Å². The zero-order valence-electron chi connectivity index (χ0n) is 13.1. The van der Waals surface area contributed by atoms with Crippen LogP contribution in [-0.4, -0.2) is 39.4 Å². The number of hydrogen-bond acceptors (Lipinski definition) is 3. The number of hydrogen-bond donors (Lipinski definition) is 1. The van der Waals surface area contributed by atoms with Gasteiger partial charge < -0.3 is 5.32 Å². The van der Waals surface area contributed by atoms with Crippen molar-refractivity contribution in [1.82, 2.24) is 20.0 Å². The lowest BCUT2D eigenvalue weighted by molar-refractivity contribution is 0.0627. The van der Waals surface area contributed by atoms with Gasteiger partial charge in [0, 0.05) is 44.5 Å². The Balaban J connectivity index is 1.71. The molecule has 112 valence electrons. The van der Waals surface area contributed by atoms with Crippen LogP contribution in [0.4, 0.5) is 0 Å². The first kappa shape index (κ1) is 14.1. The number of aromatic nitrogens is 2. The van der Waals surface area contributed by atoms with Crippen LogP contribution in [0, 0.1) is 5.92 Å². The van der Waals surface area contributed by atoms with E-state index in [9.17, 15) is 0 Å². The van der Waals surface area contributed by atoms with Crippen molar-refractivity contribution < 1.29 is 0 Å². The molecule has 0 radical (unpaired) electrons. The SMILES string of the molecule is CCCC1CNC(C)(C2CC2)CN1Cc1ccn(C)n1. The molecule has 0 amide bonds. The summed E-state index contributed by atoms with van der Waals surface area (Å²) < 4.78 is 1.91. The lowest BCUT2D eigenvalue weighted by Crippen LogP contribution is -2.63. The number of rotatable bonds is 5. The molecular formula is C16H28N4. The van der Waals surface area contributed by atoms with Crippen molar-refractivity contribution in [3.63, 3.8) is 0 Å². The molecule has 3 rings (SSSR count). The van der Waals surface area contributed by atoms with Gasteiger partial charge in [-0.3, -0.25) is 9.58 Å². The Bertz CT molecular complexity index is 451. The average molecular weight is 276 g/mol. The molecule has 1 N–H and O–H groups in total. The Morgan fingerprint density at radius 3 is 2.85 bits per heavy atom. The normalized spacial score (nSPS) is 31.6. The van der Waals surface area contributed by atoms with E-state index < -0.39 is 0 Å². The Kier molecular flexibility index (Phi) is 3.87. The average Bonchev–Trinajstić information content (AvgIpc) is 3.19. The van der Waals surface area contributed by atoms with E-state index in [1.54, 1.807) is 0 Å². The van der Waals surface area contributed by atoms with Crippen molar-refractivity contribution in [1.29, 1.82) is 0 Å². The summed E-state index contributed by atoms with van der Waals surface area (Å²) in [6.45, 7) is 7.99. The van der Waals surface area contributed by atoms with E-state index in [4.69, 9.17) is 0 Å². The second-order valence-electron chi connectivity index (χ2n) is 6.90. The van der Waals surface area contributed by atoms with Gasteiger partial charge in [-0.15, -0.1) is 0 Å². The lowest BCUT2D eigenvalue weighted by Gasteiger charge is -2.46. The minimum Gasteiger partial charge on any atom is -0.308 e. The minimum absolute atomic E-state index is 0.318. The number of nitrogens with zero attached hydrogens (tertiary/aromatic N) is 3. The highest BCUT2D eigenvalue weighted by Crippen LogP contribution is 2.41. The predicted octanol–water partition coefficient (Wildman–Crippen LogP) is 2.16. The van der Waals surface area contributed by atoms with E-state index in [2.05, 4.69) is 35.2 Å². The van der Waals surface area contributed by atoms with E-state index >= 15 is 0 Å². The minimum atomic E-state index is 0.318. The van der Waals surface area contributed by atoms with Crippen LogP contribution in [0.1, 0.15) is 45.2 Å². The molecule has 20 heavy (non-hydrogen) atoms. The van der Waals surface area contributed by atoms with E-state index in [0.29, 0.717) is 11.6 Å². The van der Waals surface area contributed by atoms with Crippen LogP contribution in [0.2, 0.25) is 0 Å². The summed E-state index contributed by atoms with van der Waals surface area (Å²) >= 11 is 0. The van der Waals surface area contributed by atoms with Crippen molar-refractivity contribution in [3.8, 4) is 0 Å². The number of piperazine rings is 1. The molecule has 1 aliphatic heterocycles. The van der Waals surface area contributed by atoms with E-state index in [1.807, 2.05) is 17.9 Å². The zero-order chi connectivity index (χ0) is 14.2. The predicted molar refractivity (Wildman–Crippen MR) is 81.4 cm³/mol. The summed E-state index contributed by atoms with van der Waals surface area (Å²) in [6, 6.07) is 2.81. The first-order valence-electron chi connectivity index (χ1n) is 8.08. The maximum atomic E-state index is 4.56. The van der Waals surface area contributed by atoms with Gasteiger partial charge in [0.2, 0.25) is 0 Å². The summed E-state index contributed by atoms with van der Waals surface area (Å²) in [5.74, 6) is 0.885. The molecule has 0 aromatic carbocycles. The molecule has 4 heteroatoms. The van der Waals surface area contributed by atoms with Gasteiger partial charge in [-0.25, -0.2) is 0 Å². The lowest BCUT2D eigenvalue weighted by atomic mass is 9.90. The fraction of sp³-hybridized carbons (Fsp3) is 0.812. The third-order valence-corrected chi connectivity index (χ3v) is 5.02. The topological polar surface area (TPSA) is 33.1 Å². The molecule has 2 fully saturated rings. The van der Waals surface area contributed by atoms with Crippen LogP contribution in [0.15, 0.2) is 12.3 Å². The van der Waals surface area contributed by atoms with Crippen molar-refractivity contribution in [2.24, 2.45) is 13.0 Å². The maximum Gasteiger partial charge on any atom is 0.0764 e. The second kappa shape index (κ2) is 5.49. The summed E-state index contributed by atoms with van der Waals surface area (Å²) in [6.07, 6.45) is 7.39. The monoisotopic (exact) mass is 276 g/mol. The molecule has 4 nitrogen and oxygen atoms in total. The fourth-order valence-corrected chi connectivity index (χ4v) is 3.64. The number of nitrogens with one attached hydrogen (secondary N) is 1. The van der Waals surface area contributed by atoms with Crippen molar-refractivity contribution in [2.45, 2.75) is 57.7 Å². The van der Waals surface area contributed by atoms with Crippen LogP contribution >= 0.6 is 0 Å². The fourth-order valence-electron chi connectivity index (χ4n) is 3.64. The highest BCUT2D eigenvalue weighted by molar-refractivity contribution is 5.06. The van der Waals surface area contributed by atoms with E-state index in [-0.39, 0.29) is 0 Å². The van der Waals surface area contributed by atoms with Gasteiger partial charge in [0.05, 0.1) is 5.69 Å². The summed E-state index contributed by atoms with van der Waals surface area (Å²) in [7, 11) is 2.00. The second-order valence-corrected chi connectivity index (χ2v) is 6.90. The molecule has 1 aromatic rings. The van der Waals surface area contributed by atoms with Crippen molar-refractivity contribution in [3.05, 3.63) is 18.0 Å². The molecular weight excluding hydrogens is 248 g/mol. The van der Waals surface area contributed by atoms with E-state index in [1.165, 1.54) is 37.9 Å². The molecule has 2 aliphatic rings. The molecule has 1 saturated heterocycles. The highest BCUT2D eigenvalue weighted by atomic mass is 15.3. The van der Waals surface area contributed by atoms with Gasteiger partial charge in [-0.2, -0.15) is 5.10 Å². The van der Waals surface area contributed by atoms with Crippen LogP contribution in [0.3, 0.4) is 0 Å². The van der Waals surface area contributed by atoms with Crippen molar-refractivity contribution in [2.75, 3.05) is 13.1 Å². The zero-order valence-corrected chi connectivity index (χ0v) is 13.1. The molecule has 0 spiro atoms. The molecule has 2 atom stereocenters. The third kappa shape index (κ3) is 2.91. The van der Waals surface area contributed by atoms with Crippen LogP contribution in [0.5, 0.6) is 0 Å². The Hall–Kier alpha value is -0.870.